The zero-order chi connectivity index (χ0) is 19.9. The summed E-state index contributed by atoms with van der Waals surface area (Å²) in [7, 11) is 0. The molecule has 3 heterocycles. The van der Waals surface area contributed by atoms with Crippen LogP contribution in [0.3, 0.4) is 0 Å². The van der Waals surface area contributed by atoms with E-state index in [0.29, 0.717) is 11.6 Å². The molecule has 3 aromatic heterocycles. The first kappa shape index (κ1) is 18.2. The van der Waals surface area contributed by atoms with Crippen LogP contribution >= 0.6 is 11.6 Å². The van der Waals surface area contributed by atoms with Crippen LogP contribution in [0.1, 0.15) is 24.4 Å². The van der Waals surface area contributed by atoms with Gasteiger partial charge in [-0.25, -0.2) is 9.97 Å². The number of hydrogen-bond donors (Lipinski definition) is 1. The van der Waals surface area contributed by atoms with Gasteiger partial charge in [0, 0.05) is 12.3 Å². The van der Waals surface area contributed by atoms with Crippen molar-refractivity contribution in [3.05, 3.63) is 59.3 Å². The van der Waals surface area contributed by atoms with E-state index in [1.54, 1.807) is 29.9 Å². The first-order valence-corrected chi connectivity index (χ1v) is 8.46. The number of anilines is 1. The molecule has 0 aliphatic rings. The van der Waals surface area contributed by atoms with E-state index in [1.165, 1.54) is 6.33 Å². The molecule has 28 heavy (non-hydrogen) atoms. The third-order valence-corrected chi connectivity index (χ3v) is 4.26. The van der Waals surface area contributed by atoms with Crippen molar-refractivity contribution in [2.75, 3.05) is 5.32 Å². The van der Waals surface area contributed by atoms with Crippen molar-refractivity contribution in [2.45, 2.75) is 19.1 Å². The summed E-state index contributed by atoms with van der Waals surface area (Å²) in [5.41, 5.74) is -0.791. The van der Waals surface area contributed by atoms with E-state index >= 15 is 0 Å². The van der Waals surface area contributed by atoms with Gasteiger partial charge < -0.3 is 9.73 Å². The molecular weight excluding hydrogens is 397 g/mol. The molecule has 1 atom stereocenters. The average Bonchev–Trinajstić information content (AvgIpc) is 3.27. The fraction of sp³-hybridized carbons (Fsp3) is 0.176. The third-order valence-electron chi connectivity index (χ3n) is 3.95. The number of benzene rings is 1. The minimum absolute atomic E-state index is 0.0356. The zero-order valence-electron chi connectivity index (χ0n) is 14.3. The molecule has 0 unspecified atom stereocenters. The molecule has 0 saturated heterocycles. The number of fused-ring (bicyclic) bond motifs is 1. The first-order valence-electron chi connectivity index (χ1n) is 8.08. The summed E-state index contributed by atoms with van der Waals surface area (Å²) >= 11 is 5.72. The smallest absolute Gasteiger partial charge is 0.417 e. The van der Waals surface area contributed by atoms with Gasteiger partial charge in [0.05, 0.1) is 16.6 Å². The Morgan fingerprint density at radius 1 is 1.21 bits per heavy atom. The van der Waals surface area contributed by atoms with Crippen molar-refractivity contribution in [1.82, 2.24) is 24.7 Å². The molecule has 0 radical (unpaired) electrons. The number of alkyl halides is 3. The van der Waals surface area contributed by atoms with Gasteiger partial charge in [0.1, 0.15) is 11.8 Å². The molecule has 144 valence electrons. The molecule has 0 saturated carbocycles. The lowest BCUT2D eigenvalue weighted by Crippen LogP contribution is -2.14. The Morgan fingerprint density at radius 2 is 2.04 bits per heavy atom. The van der Waals surface area contributed by atoms with E-state index < -0.39 is 22.8 Å². The largest absolute Gasteiger partial charge is 0.423 e. The van der Waals surface area contributed by atoms with E-state index in [0.717, 1.165) is 12.1 Å². The number of rotatable bonds is 4. The zero-order valence-corrected chi connectivity index (χ0v) is 15.0. The summed E-state index contributed by atoms with van der Waals surface area (Å²) < 4.78 is 46.0. The molecule has 0 aliphatic heterocycles. The summed E-state index contributed by atoms with van der Waals surface area (Å²) in [4.78, 5) is 12.5. The highest BCUT2D eigenvalue weighted by Crippen LogP contribution is 2.37. The second-order valence-corrected chi connectivity index (χ2v) is 6.31. The van der Waals surface area contributed by atoms with E-state index in [2.05, 4.69) is 25.4 Å². The lowest BCUT2D eigenvalue weighted by Gasteiger charge is -2.12. The second kappa shape index (κ2) is 6.79. The Kier molecular flexibility index (Phi) is 4.42. The highest BCUT2D eigenvalue weighted by atomic mass is 35.5. The van der Waals surface area contributed by atoms with Crippen LogP contribution in [0, 0.1) is 0 Å². The minimum atomic E-state index is -4.58. The summed E-state index contributed by atoms with van der Waals surface area (Å²) in [6, 6.07) is 6.93. The van der Waals surface area contributed by atoms with Crippen LogP contribution in [0.4, 0.5) is 19.2 Å². The predicted octanol–water partition coefficient (Wildman–Crippen LogP) is 4.65. The monoisotopic (exact) mass is 408 g/mol. The topological polar surface area (TPSA) is 81.7 Å². The van der Waals surface area contributed by atoms with E-state index in [9.17, 15) is 13.2 Å². The van der Waals surface area contributed by atoms with E-state index in [-0.39, 0.29) is 17.1 Å². The van der Waals surface area contributed by atoms with Crippen molar-refractivity contribution < 1.29 is 17.6 Å². The molecule has 11 heteroatoms. The lowest BCUT2D eigenvalue weighted by atomic mass is 10.2. The second-order valence-electron chi connectivity index (χ2n) is 5.90. The highest BCUT2D eigenvalue weighted by Gasteiger charge is 2.34. The lowest BCUT2D eigenvalue weighted by molar-refractivity contribution is -0.137. The van der Waals surface area contributed by atoms with Gasteiger partial charge in [0.15, 0.2) is 17.2 Å². The van der Waals surface area contributed by atoms with E-state index in [1.807, 2.05) is 6.07 Å². The number of nitrogens with one attached hydrogen (secondary N) is 1. The van der Waals surface area contributed by atoms with Crippen molar-refractivity contribution in [1.29, 1.82) is 0 Å². The van der Waals surface area contributed by atoms with Gasteiger partial charge >= 0.3 is 6.18 Å². The number of pyridine rings is 1. The Bertz CT molecular complexity index is 1130. The fourth-order valence-corrected chi connectivity index (χ4v) is 2.94. The molecular formula is C17H12ClF3N6O. The molecule has 0 bridgehead atoms. The minimum Gasteiger partial charge on any atom is -0.423 e. The van der Waals surface area contributed by atoms with Gasteiger partial charge in [-0.3, -0.25) is 0 Å². The maximum Gasteiger partial charge on any atom is 0.417 e. The molecule has 0 spiro atoms. The number of halogens is 4. The van der Waals surface area contributed by atoms with E-state index in [4.69, 9.17) is 16.0 Å². The van der Waals surface area contributed by atoms with Crippen LogP contribution in [-0.4, -0.2) is 24.7 Å². The van der Waals surface area contributed by atoms with Crippen LogP contribution in [0.15, 0.2) is 47.3 Å². The van der Waals surface area contributed by atoms with Crippen molar-refractivity contribution >= 4 is 28.7 Å². The van der Waals surface area contributed by atoms with Gasteiger partial charge in [-0.2, -0.15) is 27.9 Å². The number of nitrogens with zero attached hydrogens (tertiary/aromatic N) is 5. The van der Waals surface area contributed by atoms with Gasteiger partial charge in [0.25, 0.3) is 6.01 Å². The van der Waals surface area contributed by atoms with Crippen LogP contribution in [0.2, 0.25) is 5.02 Å². The molecule has 4 rings (SSSR count). The van der Waals surface area contributed by atoms with Crippen LogP contribution in [-0.2, 0) is 6.18 Å². The summed E-state index contributed by atoms with van der Waals surface area (Å²) in [5, 5.41) is 6.67. The van der Waals surface area contributed by atoms with Gasteiger partial charge in [-0.1, -0.05) is 17.7 Å². The number of hydrogen-bond acceptors (Lipinski definition) is 6. The number of oxazole rings is 1. The first-order chi connectivity index (χ1) is 13.3. The molecule has 0 fully saturated rings. The SMILES string of the molecule is C[C@H](Nc1nc2cc(C(F)(F)F)c(Cl)cc2o1)c1ncnn1-c1ccccn1. The normalized spacial score (nSPS) is 13.0. The summed E-state index contributed by atoms with van der Waals surface area (Å²) in [5.74, 6) is 1.10. The van der Waals surface area contributed by atoms with Crippen LogP contribution in [0.5, 0.6) is 0 Å². The van der Waals surface area contributed by atoms with Gasteiger partial charge in [-0.05, 0) is 25.1 Å². The summed E-state index contributed by atoms with van der Waals surface area (Å²) in [6.07, 6.45) is -1.57. The Balaban J connectivity index is 1.63. The molecule has 7 nitrogen and oxygen atoms in total. The standard InChI is InChI=1S/C17H12ClF3N6O/c1-9(15-23-8-24-27(15)14-4-2-3-5-22-14)25-16-26-12-6-10(17(19,20)21)11(18)7-13(12)28-16/h2-9H,1H3,(H,25,26)/t9-/m0/s1. The van der Waals surface area contributed by atoms with Gasteiger partial charge in [-0.15, -0.1) is 0 Å². The van der Waals surface area contributed by atoms with Crippen molar-refractivity contribution in [2.24, 2.45) is 0 Å². The highest BCUT2D eigenvalue weighted by molar-refractivity contribution is 6.32. The quantitative estimate of drug-likeness (QED) is 0.529. The predicted molar refractivity (Wildman–Crippen MR) is 95.2 cm³/mol. The Hall–Kier alpha value is -3.14. The molecule has 0 amide bonds. The average molecular weight is 409 g/mol. The van der Waals surface area contributed by atoms with Gasteiger partial charge in [0.2, 0.25) is 0 Å². The third kappa shape index (κ3) is 3.38. The maximum absolute atomic E-state index is 13.0. The molecule has 0 aliphatic carbocycles. The molecule has 1 N–H and O–H groups in total. The summed E-state index contributed by atoms with van der Waals surface area (Å²) in [6.45, 7) is 1.78. The molecule has 1 aromatic carbocycles. The van der Waals surface area contributed by atoms with Crippen LogP contribution in [0.25, 0.3) is 16.9 Å². The molecule has 4 aromatic rings. The van der Waals surface area contributed by atoms with Crippen molar-refractivity contribution in [3.8, 4) is 5.82 Å². The van der Waals surface area contributed by atoms with Crippen molar-refractivity contribution in [3.63, 3.8) is 0 Å². The maximum atomic E-state index is 13.0. The van der Waals surface area contributed by atoms with Crippen LogP contribution < -0.4 is 5.32 Å². The Labute approximate surface area is 161 Å². The fourth-order valence-electron chi connectivity index (χ4n) is 2.68. The number of aromatic nitrogens is 5. The Morgan fingerprint density at radius 3 is 2.75 bits per heavy atom.